The third-order valence-electron chi connectivity index (χ3n) is 5.12. The van der Waals surface area contributed by atoms with Crippen molar-refractivity contribution in [2.24, 2.45) is 0 Å². The molecule has 0 amide bonds. The molecule has 13 heteroatoms. The maximum absolute atomic E-state index is 14.7. The lowest BCUT2D eigenvalue weighted by Crippen LogP contribution is -2.57. The van der Waals surface area contributed by atoms with Crippen LogP contribution < -0.4 is 15.6 Å². The highest BCUT2D eigenvalue weighted by atomic mass is 35.5. The number of aromatic nitrogens is 1. The van der Waals surface area contributed by atoms with Gasteiger partial charge in [0.05, 0.1) is 29.4 Å². The van der Waals surface area contributed by atoms with Crippen LogP contribution in [0.1, 0.15) is 11.6 Å². The second-order valence-corrected chi connectivity index (χ2v) is 10.2. The van der Waals surface area contributed by atoms with Crippen LogP contribution in [0.4, 0.5) is 23.2 Å². The average Bonchev–Trinajstić information content (AvgIpc) is 2.72. The molecule has 2 aromatic carbocycles. The Morgan fingerprint density at radius 2 is 1.85 bits per heavy atom. The zero-order valence-electron chi connectivity index (χ0n) is 17.7. The number of nitrogens with one attached hydrogen (secondary N) is 2. The fourth-order valence-corrected chi connectivity index (χ4v) is 4.97. The highest BCUT2D eigenvalue weighted by Gasteiger charge is 2.61. The smallest absolute Gasteiger partial charge is 0.420 e. The number of alkyl halides is 3. The van der Waals surface area contributed by atoms with E-state index in [-0.39, 0.29) is 22.3 Å². The van der Waals surface area contributed by atoms with Crippen molar-refractivity contribution in [2.45, 2.75) is 17.8 Å². The lowest BCUT2D eigenvalue weighted by molar-refractivity contribution is -0.257. The SMILES string of the molecule is COc1ccc(C(Nc2cccc3[nH]c(=O)ccc23)C(O)(CS(C)(=O)=O)C(F)(F)F)c(Cl)c1F. The van der Waals surface area contributed by atoms with Gasteiger partial charge in [0.1, 0.15) is 0 Å². The molecule has 34 heavy (non-hydrogen) atoms. The van der Waals surface area contributed by atoms with Gasteiger partial charge in [0.2, 0.25) is 5.56 Å². The van der Waals surface area contributed by atoms with Gasteiger partial charge in [-0.05, 0) is 29.8 Å². The number of ether oxygens (including phenoxy) is 1. The summed E-state index contributed by atoms with van der Waals surface area (Å²) < 4.78 is 86.1. The molecule has 0 aliphatic heterocycles. The van der Waals surface area contributed by atoms with Crippen molar-refractivity contribution in [3.8, 4) is 5.75 Å². The molecule has 2 atom stereocenters. The van der Waals surface area contributed by atoms with Crippen LogP contribution in [0.5, 0.6) is 5.75 Å². The molecule has 1 aromatic heterocycles. The molecule has 0 aliphatic carbocycles. The third-order valence-corrected chi connectivity index (χ3v) is 6.47. The van der Waals surface area contributed by atoms with Crippen molar-refractivity contribution >= 4 is 38.0 Å². The summed E-state index contributed by atoms with van der Waals surface area (Å²) in [6.07, 6.45) is -4.97. The maximum Gasteiger partial charge on any atom is 0.420 e. The number of aromatic amines is 1. The third kappa shape index (κ3) is 4.98. The van der Waals surface area contributed by atoms with Crippen LogP contribution in [0.15, 0.2) is 47.3 Å². The Morgan fingerprint density at radius 3 is 2.44 bits per heavy atom. The minimum atomic E-state index is -5.49. The molecule has 2 unspecified atom stereocenters. The Morgan fingerprint density at radius 1 is 1.18 bits per heavy atom. The number of hydrogen-bond donors (Lipinski definition) is 3. The van der Waals surface area contributed by atoms with Crippen LogP contribution in [-0.4, -0.2) is 49.4 Å². The Balaban J connectivity index is 2.31. The largest absolute Gasteiger partial charge is 0.494 e. The van der Waals surface area contributed by atoms with Gasteiger partial charge >= 0.3 is 6.18 Å². The quantitative estimate of drug-likeness (QED) is 0.407. The average molecular weight is 523 g/mol. The molecule has 0 aliphatic rings. The number of aliphatic hydroxyl groups is 1. The second kappa shape index (κ2) is 9.08. The Hall–Kier alpha value is -2.83. The topological polar surface area (TPSA) is 108 Å². The van der Waals surface area contributed by atoms with E-state index in [1.807, 2.05) is 0 Å². The molecule has 0 saturated heterocycles. The molecule has 1 heterocycles. The van der Waals surface area contributed by atoms with Gasteiger partial charge in [-0.25, -0.2) is 12.8 Å². The van der Waals surface area contributed by atoms with Crippen molar-refractivity contribution in [2.75, 3.05) is 24.4 Å². The molecule has 0 bridgehead atoms. The zero-order chi connectivity index (χ0) is 25.5. The summed E-state index contributed by atoms with van der Waals surface area (Å²) in [5.41, 5.74) is -4.73. The first-order chi connectivity index (χ1) is 15.7. The number of sulfone groups is 1. The number of rotatable bonds is 7. The predicted octanol–water partition coefficient (Wildman–Crippen LogP) is 3.82. The molecule has 0 radical (unpaired) electrons. The summed E-state index contributed by atoms with van der Waals surface area (Å²) in [7, 11) is -3.29. The van der Waals surface area contributed by atoms with E-state index >= 15 is 0 Å². The fraction of sp³-hybridized carbons (Fsp3) is 0.286. The molecule has 3 N–H and O–H groups in total. The highest BCUT2D eigenvalue weighted by Crippen LogP contribution is 2.46. The maximum atomic E-state index is 14.7. The van der Waals surface area contributed by atoms with Crippen LogP contribution in [0.3, 0.4) is 0 Å². The summed E-state index contributed by atoms with van der Waals surface area (Å²) in [5, 5.41) is 12.8. The van der Waals surface area contributed by atoms with Crippen molar-refractivity contribution < 1.29 is 35.8 Å². The molecule has 3 aromatic rings. The summed E-state index contributed by atoms with van der Waals surface area (Å²) in [6.45, 7) is 0. The summed E-state index contributed by atoms with van der Waals surface area (Å²) in [4.78, 5) is 14.1. The summed E-state index contributed by atoms with van der Waals surface area (Å²) in [6, 6.07) is 6.42. The lowest BCUT2D eigenvalue weighted by Gasteiger charge is -2.39. The van der Waals surface area contributed by atoms with Gasteiger partial charge in [-0.2, -0.15) is 13.2 Å². The number of fused-ring (bicyclic) bond motifs is 1. The van der Waals surface area contributed by atoms with E-state index in [4.69, 9.17) is 16.3 Å². The second-order valence-electron chi connectivity index (χ2n) is 7.64. The Labute approximate surface area is 196 Å². The van der Waals surface area contributed by atoms with Crippen molar-refractivity contribution in [3.05, 3.63) is 69.2 Å². The van der Waals surface area contributed by atoms with Gasteiger partial charge in [0.25, 0.3) is 0 Å². The van der Waals surface area contributed by atoms with E-state index in [9.17, 15) is 35.9 Å². The number of benzene rings is 2. The number of pyridine rings is 1. The van der Waals surface area contributed by atoms with Crippen LogP contribution >= 0.6 is 11.6 Å². The first-order valence-electron chi connectivity index (χ1n) is 9.55. The number of halogens is 5. The molecule has 0 spiro atoms. The molecule has 184 valence electrons. The normalized spacial score (nSPS) is 15.1. The van der Waals surface area contributed by atoms with Gasteiger partial charge in [0, 0.05) is 23.4 Å². The standard InChI is InChI=1S/C21H19ClF4N2O5S/c1-33-15-8-6-12(17(22)18(15)23)19(20(30,21(24,25)26)10-34(2,31)32)28-14-5-3-4-13-11(14)7-9-16(29)27-13/h3-9,19,28,30H,10H2,1-2H3,(H,27,29). The lowest BCUT2D eigenvalue weighted by atomic mass is 9.88. The molecule has 0 fully saturated rings. The molecule has 0 saturated carbocycles. The zero-order valence-corrected chi connectivity index (χ0v) is 19.3. The van der Waals surface area contributed by atoms with E-state index < -0.39 is 55.4 Å². The minimum Gasteiger partial charge on any atom is -0.494 e. The number of methoxy groups -OCH3 is 1. The Bertz CT molecular complexity index is 1390. The van der Waals surface area contributed by atoms with Gasteiger partial charge in [-0.1, -0.05) is 23.7 Å². The molecule has 7 nitrogen and oxygen atoms in total. The fourth-order valence-electron chi connectivity index (χ4n) is 3.58. The van der Waals surface area contributed by atoms with E-state index in [1.54, 1.807) is 0 Å². The summed E-state index contributed by atoms with van der Waals surface area (Å²) in [5.74, 6) is -3.30. The van der Waals surface area contributed by atoms with Crippen molar-refractivity contribution in [1.29, 1.82) is 0 Å². The number of hydrogen-bond acceptors (Lipinski definition) is 6. The van der Waals surface area contributed by atoms with E-state index in [2.05, 4.69) is 10.3 Å². The van der Waals surface area contributed by atoms with E-state index in [1.165, 1.54) is 24.3 Å². The van der Waals surface area contributed by atoms with Crippen LogP contribution in [0.2, 0.25) is 5.02 Å². The van der Waals surface area contributed by atoms with Crippen molar-refractivity contribution in [3.63, 3.8) is 0 Å². The molecular weight excluding hydrogens is 504 g/mol. The minimum absolute atomic E-state index is 0.0118. The molecule has 3 rings (SSSR count). The van der Waals surface area contributed by atoms with Crippen LogP contribution in [0, 0.1) is 5.82 Å². The first-order valence-corrected chi connectivity index (χ1v) is 12.0. The number of anilines is 1. The van der Waals surface area contributed by atoms with Crippen LogP contribution in [-0.2, 0) is 9.84 Å². The highest BCUT2D eigenvalue weighted by molar-refractivity contribution is 7.90. The predicted molar refractivity (Wildman–Crippen MR) is 120 cm³/mol. The Kier molecular flexibility index (Phi) is 6.89. The van der Waals surface area contributed by atoms with Gasteiger partial charge in [0.15, 0.2) is 27.0 Å². The first kappa shape index (κ1) is 25.8. The van der Waals surface area contributed by atoms with E-state index in [0.29, 0.717) is 6.26 Å². The van der Waals surface area contributed by atoms with Gasteiger partial charge < -0.3 is 20.1 Å². The van der Waals surface area contributed by atoms with Gasteiger partial charge in [-0.3, -0.25) is 4.79 Å². The number of H-pyrrole nitrogens is 1. The molecular formula is C21H19ClF4N2O5S. The summed E-state index contributed by atoms with van der Waals surface area (Å²) >= 11 is 6.03. The van der Waals surface area contributed by atoms with E-state index in [0.717, 1.165) is 25.3 Å². The van der Waals surface area contributed by atoms with Crippen molar-refractivity contribution in [1.82, 2.24) is 4.98 Å². The monoisotopic (exact) mass is 522 g/mol. The van der Waals surface area contributed by atoms with Crippen LogP contribution in [0.25, 0.3) is 10.9 Å². The van der Waals surface area contributed by atoms with Gasteiger partial charge in [-0.15, -0.1) is 0 Å².